The van der Waals surface area contributed by atoms with Gasteiger partial charge in [0.15, 0.2) is 6.79 Å². The Labute approximate surface area is 93.6 Å². The standard InChI is InChI=1S/C11H14O5/c1-7-4-8(12)5-9(16-6-14-2)10(7)11(13)15-3/h4-5,12H,6H2,1-3H3. The Hall–Kier alpha value is -1.75. The minimum atomic E-state index is -0.511. The molecule has 5 nitrogen and oxygen atoms in total. The van der Waals surface area contributed by atoms with Crippen molar-refractivity contribution in [1.29, 1.82) is 0 Å². The lowest BCUT2D eigenvalue weighted by atomic mass is 10.1. The molecule has 0 saturated carbocycles. The van der Waals surface area contributed by atoms with Gasteiger partial charge in [-0.1, -0.05) is 0 Å². The van der Waals surface area contributed by atoms with Crippen LogP contribution in [0.4, 0.5) is 0 Å². The highest BCUT2D eigenvalue weighted by atomic mass is 16.7. The first-order chi connectivity index (χ1) is 7.60. The van der Waals surface area contributed by atoms with E-state index in [1.54, 1.807) is 6.92 Å². The third-order valence-corrected chi connectivity index (χ3v) is 2.01. The minimum Gasteiger partial charge on any atom is -0.508 e. The second kappa shape index (κ2) is 5.37. The van der Waals surface area contributed by atoms with Crippen molar-refractivity contribution in [2.75, 3.05) is 21.0 Å². The first-order valence-electron chi connectivity index (χ1n) is 4.63. The van der Waals surface area contributed by atoms with Crippen molar-refractivity contribution in [3.05, 3.63) is 23.3 Å². The van der Waals surface area contributed by atoms with Crippen LogP contribution < -0.4 is 4.74 Å². The molecule has 0 aromatic heterocycles. The zero-order valence-corrected chi connectivity index (χ0v) is 9.44. The second-order valence-electron chi connectivity index (χ2n) is 3.18. The predicted octanol–water partition coefficient (Wildman–Crippen LogP) is 1.47. The molecule has 1 N–H and O–H groups in total. The lowest BCUT2D eigenvalue weighted by Gasteiger charge is -2.12. The Balaban J connectivity index is 3.15. The van der Waals surface area contributed by atoms with Gasteiger partial charge >= 0.3 is 5.97 Å². The number of hydrogen-bond donors (Lipinski definition) is 1. The lowest BCUT2D eigenvalue weighted by molar-refractivity contribution is 0.0463. The van der Waals surface area contributed by atoms with Crippen LogP contribution in [0.3, 0.4) is 0 Å². The number of carbonyl (C=O) groups excluding carboxylic acids is 1. The van der Waals surface area contributed by atoms with Crippen molar-refractivity contribution in [2.24, 2.45) is 0 Å². The van der Waals surface area contributed by atoms with Gasteiger partial charge in [-0.05, 0) is 18.6 Å². The zero-order chi connectivity index (χ0) is 12.1. The van der Waals surface area contributed by atoms with Gasteiger partial charge in [0.05, 0.1) is 7.11 Å². The SMILES string of the molecule is COCOc1cc(O)cc(C)c1C(=O)OC. The molecule has 1 aromatic rings. The molecule has 5 heteroatoms. The average Bonchev–Trinajstić information content (AvgIpc) is 2.24. The molecule has 0 aliphatic heterocycles. The molecule has 0 atom stereocenters. The Bertz CT molecular complexity index is 386. The summed E-state index contributed by atoms with van der Waals surface area (Å²) in [6.45, 7) is 1.68. The molecular formula is C11H14O5. The quantitative estimate of drug-likeness (QED) is 0.622. The number of phenols is 1. The number of carbonyl (C=O) groups is 1. The lowest BCUT2D eigenvalue weighted by Crippen LogP contribution is -2.09. The van der Waals surface area contributed by atoms with Crippen molar-refractivity contribution in [3.63, 3.8) is 0 Å². The predicted molar refractivity (Wildman–Crippen MR) is 56.7 cm³/mol. The van der Waals surface area contributed by atoms with E-state index in [9.17, 15) is 9.90 Å². The minimum absolute atomic E-state index is 0.00706. The monoisotopic (exact) mass is 226 g/mol. The van der Waals surface area contributed by atoms with Crippen LogP contribution in [-0.4, -0.2) is 32.1 Å². The van der Waals surface area contributed by atoms with Crippen molar-refractivity contribution < 1.29 is 24.1 Å². The normalized spacial score (nSPS) is 9.94. The van der Waals surface area contributed by atoms with Crippen molar-refractivity contribution >= 4 is 5.97 Å². The summed E-state index contributed by atoms with van der Waals surface area (Å²) in [5.74, 6) is -0.244. The van der Waals surface area contributed by atoms with Crippen LogP contribution in [0.1, 0.15) is 15.9 Å². The second-order valence-corrected chi connectivity index (χ2v) is 3.18. The Morgan fingerprint density at radius 1 is 1.38 bits per heavy atom. The molecule has 0 unspecified atom stereocenters. The van der Waals surface area contributed by atoms with E-state index in [1.807, 2.05) is 0 Å². The Kier molecular flexibility index (Phi) is 4.13. The Morgan fingerprint density at radius 2 is 2.06 bits per heavy atom. The molecule has 1 aromatic carbocycles. The Morgan fingerprint density at radius 3 is 2.62 bits per heavy atom. The van der Waals surface area contributed by atoms with Crippen LogP contribution in [0.25, 0.3) is 0 Å². The topological polar surface area (TPSA) is 65.0 Å². The van der Waals surface area contributed by atoms with E-state index in [1.165, 1.54) is 26.4 Å². The van der Waals surface area contributed by atoms with E-state index in [4.69, 9.17) is 9.47 Å². The third-order valence-electron chi connectivity index (χ3n) is 2.01. The number of rotatable bonds is 4. The fourth-order valence-corrected chi connectivity index (χ4v) is 1.34. The van der Waals surface area contributed by atoms with E-state index >= 15 is 0 Å². The van der Waals surface area contributed by atoms with Gasteiger partial charge in [-0.3, -0.25) is 0 Å². The van der Waals surface area contributed by atoms with Gasteiger partial charge in [0.2, 0.25) is 0 Å². The largest absolute Gasteiger partial charge is 0.508 e. The highest BCUT2D eigenvalue weighted by Gasteiger charge is 2.17. The fraction of sp³-hybridized carbons (Fsp3) is 0.364. The highest BCUT2D eigenvalue weighted by Crippen LogP contribution is 2.28. The maximum Gasteiger partial charge on any atom is 0.341 e. The van der Waals surface area contributed by atoms with Gasteiger partial charge in [-0.2, -0.15) is 0 Å². The number of aromatic hydroxyl groups is 1. The van der Waals surface area contributed by atoms with Crippen molar-refractivity contribution in [1.82, 2.24) is 0 Å². The molecule has 16 heavy (non-hydrogen) atoms. The first-order valence-corrected chi connectivity index (χ1v) is 4.63. The maximum atomic E-state index is 11.5. The molecule has 0 amide bonds. The number of ether oxygens (including phenoxy) is 3. The van der Waals surface area contributed by atoms with Gasteiger partial charge < -0.3 is 19.3 Å². The number of hydrogen-bond acceptors (Lipinski definition) is 5. The summed E-state index contributed by atoms with van der Waals surface area (Å²) in [6, 6.07) is 2.81. The molecule has 0 spiro atoms. The summed E-state index contributed by atoms with van der Waals surface area (Å²) < 4.78 is 14.6. The van der Waals surface area contributed by atoms with Crippen LogP contribution in [0.5, 0.6) is 11.5 Å². The van der Waals surface area contributed by atoms with Crippen LogP contribution in [-0.2, 0) is 9.47 Å². The van der Waals surface area contributed by atoms with E-state index in [0.29, 0.717) is 5.56 Å². The molecule has 0 aliphatic carbocycles. The molecule has 0 saturated heterocycles. The molecule has 0 heterocycles. The third kappa shape index (κ3) is 2.64. The van der Waals surface area contributed by atoms with Crippen molar-refractivity contribution in [2.45, 2.75) is 6.92 Å². The number of phenolic OH excluding ortho intramolecular Hbond substituents is 1. The van der Waals surface area contributed by atoms with E-state index < -0.39 is 5.97 Å². The number of aryl methyl sites for hydroxylation is 1. The van der Waals surface area contributed by atoms with Crippen LogP contribution in [0.2, 0.25) is 0 Å². The summed E-state index contributed by atoms with van der Waals surface area (Å²) >= 11 is 0. The summed E-state index contributed by atoms with van der Waals surface area (Å²) in [7, 11) is 2.75. The fourth-order valence-electron chi connectivity index (χ4n) is 1.34. The van der Waals surface area contributed by atoms with Gasteiger partial charge in [0.1, 0.15) is 17.1 Å². The summed E-state index contributed by atoms with van der Waals surface area (Å²) in [5.41, 5.74) is 0.871. The summed E-state index contributed by atoms with van der Waals surface area (Å²) in [6.07, 6.45) is 0. The van der Waals surface area contributed by atoms with Gasteiger partial charge in [0, 0.05) is 13.2 Å². The van der Waals surface area contributed by atoms with Crippen LogP contribution in [0, 0.1) is 6.92 Å². The van der Waals surface area contributed by atoms with Gasteiger partial charge in [-0.25, -0.2) is 4.79 Å². The molecular weight excluding hydrogens is 212 g/mol. The number of benzene rings is 1. The van der Waals surface area contributed by atoms with Crippen LogP contribution >= 0.6 is 0 Å². The molecule has 0 bridgehead atoms. The van der Waals surface area contributed by atoms with E-state index in [2.05, 4.69) is 4.74 Å². The smallest absolute Gasteiger partial charge is 0.341 e. The zero-order valence-electron chi connectivity index (χ0n) is 9.44. The van der Waals surface area contributed by atoms with E-state index in [0.717, 1.165) is 0 Å². The maximum absolute atomic E-state index is 11.5. The number of methoxy groups -OCH3 is 2. The molecule has 0 radical (unpaired) electrons. The first kappa shape index (κ1) is 12.3. The van der Waals surface area contributed by atoms with Crippen LogP contribution in [0.15, 0.2) is 12.1 Å². The molecule has 88 valence electrons. The van der Waals surface area contributed by atoms with E-state index in [-0.39, 0.29) is 23.9 Å². The highest BCUT2D eigenvalue weighted by molar-refractivity contribution is 5.94. The molecule has 0 fully saturated rings. The average molecular weight is 226 g/mol. The van der Waals surface area contributed by atoms with Gasteiger partial charge in [0.25, 0.3) is 0 Å². The number of esters is 1. The molecule has 1 rings (SSSR count). The van der Waals surface area contributed by atoms with Gasteiger partial charge in [-0.15, -0.1) is 0 Å². The summed E-state index contributed by atoms with van der Waals surface area (Å²) in [5, 5.41) is 9.40. The molecule has 0 aliphatic rings. The summed E-state index contributed by atoms with van der Waals surface area (Å²) in [4.78, 5) is 11.5. The van der Waals surface area contributed by atoms with Crippen molar-refractivity contribution in [3.8, 4) is 11.5 Å².